The molecule has 0 bridgehead atoms. The molecule has 0 aliphatic rings. The van der Waals surface area contributed by atoms with Crippen LogP contribution in [-0.2, 0) is 0 Å². The molecule has 1 aromatic carbocycles. The van der Waals surface area contributed by atoms with Crippen LogP contribution in [0.15, 0.2) is 24.4 Å². The quantitative estimate of drug-likeness (QED) is 0.823. The zero-order valence-corrected chi connectivity index (χ0v) is 9.54. The minimum absolute atomic E-state index is 0.410. The van der Waals surface area contributed by atoms with Crippen LogP contribution in [0.1, 0.15) is 17.4 Å². The number of hydrogen-bond acceptors (Lipinski definition) is 5. The van der Waals surface area contributed by atoms with E-state index in [0.717, 1.165) is 0 Å². The summed E-state index contributed by atoms with van der Waals surface area (Å²) in [5.41, 5.74) is 0.944. The number of aromatic nitrogens is 3. The monoisotopic (exact) mass is 235 g/mol. The molecular formula is C11H13N3O3. The van der Waals surface area contributed by atoms with Gasteiger partial charge in [-0.1, -0.05) is 6.07 Å². The number of aliphatic hydroxyl groups is 1. The summed E-state index contributed by atoms with van der Waals surface area (Å²) in [6.45, 7) is 0. The zero-order chi connectivity index (χ0) is 12.3. The van der Waals surface area contributed by atoms with E-state index in [9.17, 15) is 5.11 Å². The van der Waals surface area contributed by atoms with Crippen LogP contribution in [0.3, 0.4) is 0 Å². The number of H-pyrrole nitrogens is 1. The lowest BCUT2D eigenvalue weighted by molar-refractivity contribution is 0.204. The van der Waals surface area contributed by atoms with Crippen molar-refractivity contribution in [3.8, 4) is 11.5 Å². The van der Waals surface area contributed by atoms with E-state index in [2.05, 4.69) is 15.4 Å². The second-order valence-corrected chi connectivity index (χ2v) is 3.37. The Hall–Kier alpha value is -2.08. The highest BCUT2D eigenvalue weighted by Crippen LogP contribution is 2.36. The van der Waals surface area contributed by atoms with Crippen LogP contribution < -0.4 is 9.47 Å². The second-order valence-electron chi connectivity index (χ2n) is 3.37. The molecule has 0 spiro atoms. The maximum atomic E-state index is 10.2. The van der Waals surface area contributed by atoms with Crippen molar-refractivity contribution in [2.75, 3.05) is 14.2 Å². The molecule has 1 atom stereocenters. The van der Waals surface area contributed by atoms with Crippen molar-refractivity contribution in [2.24, 2.45) is 0 Å². The van der Waals surface area contributed by atoms with Crippen LogP contribution in [0.25, 0.3) is 0 Å². The molecule has 0 radical (unpaired) electrons. The predicted molar refractivity (Wildman–Crippen MR) is 60.0 cm³/mol. The Kier molecular flexibility index (Phi) is 3.24. The van der Waals surface area contributed by atoms with Crippen LogP contribution in [0.4, 0.5) is 0 Å². The first-order valence-electron chi connectivity index (χ1n) is 5.02. The highest BCUT2D eigenvalue weighted by molar-refractivity contribution is 5.48. The van der Waals surface area contributed by atoms with Crippen molar-refractivity contribution in [2.45, 2.75) is 6.10 Å². The van der Waals surface area contributed by atoms with E-state index in [-0.39, 0.29) is 0 Å². The topological polar surface area (TPSA) is 80.3 Å². The van der Waals surface area contributed by atoms with Gasteiger partial charge in [-0.05, 0) is 12.1 Å². The Morgan fingerprint density at radius 1 is 1.24 bits per heavy atom. The molecule has 0 saturated heterocycles. The van der Waals surface area contributed by atoms with Crippen molar-refractivity contribution in [3.05, 3.63) is 35.7 Å². The second kappa shape index (κ2) is 4.84. The smallest absolute Gasteiger partial charge is 0.132 e. The number of methoxy groups -OCH3 is 2. The SMILES string of the molecule is COc1cccc(OC)c1C(O)c1cn[nH]n1. The number of ether oxygens (including phenoxy) is 2. The Balaban J connectivity index is 2.49. The molecule has 0 saturated carbocycles. The highest BCUT2D eigenvalue weighted by atomic mass is 16.5. The standard InChI is InChI=1S/C11H13N3O3/c1-16-8-4-3-5-9(17-2)10(8)11(15)7-6-12-14-13-7/h3-6,11,15H,1-2H3,(H,12,13,14). The molecule has 2 rings (SSSR count). The summed E-state index contributed by atoms with van der Waals surface area (Å²) in [5, 5.41) is 20.2. The molecule has 0 aliphatic carbocycles. The molecule has 1 unspecified atom stereocenters. The minimum Gasteiger partial charge on any atom is -0.496 e. The fourth-order valence-electron chi connectivity index (χ4n) is 1.64. The van der Waals surface area contributed by atoms with Crippen molar-refractivity contribution < 1.29 is 14.6 Å². The zero-order valence-electron chi connectivity index (χ0n) is 9.54. The van der Waals surface area contributed by atoms with E-state index in [1.807, 2.05) is 0 Å². The number of aliphatic hydroxyl groups excluding tert-OH is 1. The maximum absolute atomic E-state index is 10.2. The summed E-state index contributed by atoms with van der Waals surface area (Å²) in [7, 11) is 3.07. The lowest BCUT2D eigenvalue weighted by Crippen LogP contribution is -2.05. The normalized spacial score (nSPS) is 12.2. The summed E-state index contributed by atoms with van der Waals surface area (Å²) >= 11 is 0. The van der Waals surface area contributed by atoms with Gasteiger partial charge in [-0.3, -0.25) is 0 Å². The van der Waals surface area contributed by atoms with Gasteiger partial charge >= 0.3 is 0 Å². The fraction of sp³-hybridized carbons (Fsp3) is 0.273. The number of nitrogens with one attached hydrogen (secondary N) is 1. The van der Waals surface area contributed by atoms with Crippen LogP contribution in [-0.4, -0.2) is 34.7 Å². The molecule has 6 nitrogen and oxygen atoms in total. The highest BCUT2D eigenvalue weighted by Gasteiger charge is 2.22. The lowest BCUT2D eigenvalue weighted by Gasteiger charge is -2.16. The number of benzene rings is 1. The number of aromatic amines is 1. The first-order valence-corrected chi connectivity index (χ1v) is 5.02. The van der Waals surface area contributed by atoms with Crippen LogP contribution in [0.2, 0.25) is 0 Å². The molecule has 2 aromatic rings. The molecular weight excluding hydrogens is 222 g/mol. The van der Waals surface area contributed by atoms with Gasteiger partial charge in [0, 0.05) is 0 Å². The first kappa shape index (κ1) is 11.4. The van der Waals surface area contributed by atoms with Crippen LogP contribution in [0, 0.1) is 0 Å². The van der Waals surface area contributed by atoms with Crippen molar-refractivity contribution in [3.63, 3.8) is 0 Å². The molecule has 2 N–H and O–H groups in total. The molecule has 6 heteroatoms. The molecule has 90 valence electrons. The van der Waals surface area contributed by atoms with Crippen molar-refractivity contribution in [1.29, 1.82) is 0 Å². The van der Waals surface area contributed by atoms with Gasteiger partial charge in [0.15, 0.2) is 0 Å². The van der Waals surface area contributed by atoms with E-state index < -0.39 is 6.10 Å². The lowest BCUT2D eigenvalue weighted by atomic mass is 10.0. The number of hydrogen-bond donors (Lipinski definition) is 2. The first-order chi connectivity index (χ1) is 8.27. The molecule has 1 heterocycles. The molecule has 1 aromatic heterocycles. The van der Waals surface area contributed by atoms with Gasteiger partial charge in [-0.25, -0.2) is 0 Å². The Morgan fingerprint density at radius 2 is 1.88 bits per heavy atom. The maximum Gasteiger partial charge on any atom is 0.132 e. The van der Waals surface area contributed by atoms with Crippen molar-refractivity contribution >= 4 is 0 Å². The third kappa shape index (κ3) is 2.07. The largest absolute Gasteiger partial charge is 0.496 e. The number of rotatable bonds is 4. The Bertz CT molecular complexity index is 462. The molecule has 17 heavy (non-hydrogen) atoms. The van der Waals surface area contributed by atoms with Crippen LogP contribution >= 0.6 is 0 Å². The van der Waals surface area contributed by atoms with Gasteiger partial charge in [0.25, 0.3) is 0 Å². The fourth-order valence-corrected chi connectivity index (χ4v) is 1.64. The van der Waals surface area contributed by atoms with Gasteiger partial charge in [0.1, 0.15) is 23.3 Å². The summed E-state index contributed by atoms with van der Waals surface area (Å²) in [6.07, 6.45) is 0.510. The van der Waals surface area contributed by atoms with Gasteiger partial charge in [-0.15, -0.1) is 0 Å². The Labute approximate surface area is 98.2 Å². The average molecular weight is 235 g/mol. The van der Waals surface area contributed by atoms with Crippen molar-refractivity contribution in [1.82, 2.24) is 15.4 Å². The summed E-state index contributed by atoms with van der Waals surface area (Å²) in [6, 6.07) is 5.29. The molecule has 0 amide bonds. The van der Waals surface area contributed by atoms with Gasteiger partial charge < -0.3 is 14.6 Å². The Morgan fingerprint density at radius 3 is 2.35 bits per heavy atom. The average Bonchev–Trinajstić information content (AvgIpc) is 2.90. The molecule has 0 aliphatic heterocycles. The van der Waals surface area contributed by atoms with Crippen LogP contribution in [0.5, 0.6) is 11.5 Å². The summed E-state index contributed by atoms with van der Waals surface area (Å²) in [4.78, 5) is 0. The van der Waals surface area contributed by atoms with E-state index in [1.165, 1.54) is 20.4 Å². The third-order valence-corrected chi connectivity index (χ3v) is 2.45. The van der Waals surface area contributed by atoms with E-state index in [1.54, 1.807) is 18.2 Å². The van der Waals surface area contributed by atoms with Gasteiger partial charge in [-0.2, -0.15) is 15.4 Å². The van der Waals surface area contributed by atoms with E-state index in [4.69, 9.17) is 9.47 Å². The number of nitrogens with zero attached hydrogens (tertiary/aromatic N) is 2. The van der Waals surface area contributed by atoms with E-state index >= 15 is 0 Å². The summed E-state index contributed by atoms with van der Waals surface area (Å²) in [5.74, 6) is 1.08. The molecule has 0 fully saturated rings. The summed E-state index contributed by atoms with van der Waals surface area (Å²) < 4.78 is 10.4. The third-order valence-electron chi connectivity index (χ3n) is 2.45. The van der Waals surface area contributed by atoms with E-state index in [0.29, 0.717) is 22.8 Å². The van der Waals surface area contributed by atoms with Gasteiger partial charge in [0.05, 0.1) is 26.0 Å². The minimum atomic E-state index is -0.945. The predicted octanol–water partition coefficient (Wildman–Crippen LogP) is 0.904. The van der Waals surface area contributed by atoms with Gasteiger partial charge in [0.2, 0.25) is 0 Å².